The Kier molecular flexibility index (Phi) is 4.86. The molecule has 33 heavy (non-hydrogen) atoms. The van der Waals surface area contributed by atoms with Gasteiger partial charge in [-0.15, -0.1) is 0 Å². The number of aryl methyl sites for hydroxylation is 1. The van der Waals surface area contributed by atoms with E-state index in [0.717, 1.165) is 22.0 Å². The van der Waals surface area contributed by atoms with Gasteiger partial charge in [0.15, 0.2) is 11.4 Å². The number of pyridine rings is 2. The second kappa shape index (κ2) is 7.52. The van der Waals surface area contributed by atoms with Crippen LogP contribution in [0, 0.1) is 0 Å². The average Bonchev–Trinajstić information content (AvgIpc) is 3.17. The van der Waals surface area contributed by atoms with Crippen molar-refractivity contribution in [3.63, 3.8) is 0 Å². The molecule has 0 bridgehead atoms. The van der Waals surface area contributed by atoms with Crippen LogP contribution in [-0.2, 0) is 39.5 Å². The lowest BCUT2D eigenvalue weighted by Crippen LogP contribution is -2.44. The summed E-state index contributed by atoms with van der Waals surface area (Å²) in [6, 6.07) is 7.20. The van der Waals surface area contributed by atoms with Gasteiger partial charge in [0.2, 0.25) is 0 Å². The predicted octanol–water partition coefficient (Wildman–Crippen LogP) is 2.61. The molecule has 0 unspecified atom stereocenters. The van der Waals surface area contributed by atoms with Crippen LogP contribution in [0.4, 0.5) is 0 Å². The molecule has 0 amide bonds. The first kappa shape index (κ1) is 21.3. The Hall–Kier alpha value is -3.52. The van der Waals surface area contributed by atoms with Crippen LogP contribution >= 0.6 is 0 Å². The molecule has 1 atom stereocenters. The maximum atomic E-state index is 13.4. The number of benzene rings is 1. The smallest absolute Gasteiger partial charge is 0.343 e. The molecule has 2 aliphatic rings. The summed E-state index contributed by atoms with van der Waals surface area (Å²) in [6.07, 6.45) is 0.809. The monoisotopic (exact) mass is 448 g/mol. The van der Waals surface area contributed by atoms with Crippen molar-refractivity contribution in [1.82, 2.24) is 9.55 Å². The minimum Gasteiger partial charge on any atom is -0.486 e. The number of Topliss-reactive ketones (excluding diaryl/α,β-unsaturated/α-hetero) is 1. The normalized spacial score (nSPS) is 18.5. The molecular weight excluding hydrogens is 424 g/mol. The van der Waals surface area contributed by atoms with Crippen LogP contribution in [0.2, 0.25) is 0 Å². The van der Waals surface area contributed by atoms with Crippen molar-refractivity contribution < 1.29 is 24.2 Å². The van der Waals surface area contributed by atoms with Gasteiger partial charge in [-0.1, -0.05) is 13.8 Å². The standard InChI is InChI=1S/C25H24N2O6/c1-4-15-16-8-14(32-11-13(3)28)6-7-20(16)26-22-17(15)10-27-21(22)9-19-18(23(27)29)12-33-24(30)25(19,31)5-2/h6-9,31H,4-5,10-12H2,1-3H3/t25-/m0/s1. The summed E-state index contributed by atoms with van der Waals surface area (Å²) in [5, 5.41) is 11.9. The summed E-state index contributed by atoms with van der Waals surface area (Å²) in [6.45, 7) is 5.39. The highest BCUT2D eigenvalue weighted by atomic mass is 16.6. The number of carbonyl (C=O) groups is 2. The van der Waals surface area contributed by atoms with E-state index in [1.807, 2.05) is 19.1 Å². The molecule has 0 spiro atoms. The van der Waals surface area contributed by atoms with E-state index in [9.17, 15) is 19.5 Å². The van der Waals surface area contributed by atoms with Crippen molar-refractivity contribution in [3.8, 4) is 17.1 Å². The molecular formula is C25H24N2O6. The molecule has 0 radical (unpaired) electrons. The van der Waals surface area contributed by atoms with E-state index in [0.29, 0.717) is 41.2 Å². The van der Waals surface area contributed by atoms with E-state index in [2.05, 4.69) is 0 Å². The lowest BCUT2D eigenvalue weighted by molar-refractivity contribution is -0.172. The molecule has 8 heteroatoms. The summed E-state index contributed by atoms with van der Waals surface area (Å²) in [5.41, 5.74) is 2.46. The quantitative estimate of drug-likeness (QED) is 0.468. The average molecular weight is 448 g/mol. The highest BCUT2D eigenvalue weighted by Crippen LogP contribution is 2.40. The fraction of sp³-hybridized carbons (Fsp3) is 0.360. The number of hydrogen-bond acceptors (Lipinski definition) is 7. The molecule has 0 saturated carbocycles. The summed E-state index contributed by atoms with van der Waals surface area (Å²) in [7, 11) is 0. The van der Waals surface area contributed by atoms with Gasteiger partial charge >= 0.3 is 5.97 Å². The zero-order valence-electron chi connectivity index (χ0n) is 18.7. The highest BCUT2D eigenvalue weighted by Gasteiger charge is 2.45. The number of fused-ring (bicyclic) bond motifs is 5. The van der Waals surface area contributed by atoms with Crippen LogP contribution in [0.3, 0.4) is 0 Å². The molecule has 2 aromatic heterocycles. The first-order valence-electron chi connectivity index (χ1n) is 11.0. The minimum atomic E-state index is -1.85. The Balaban J connectivity index is 1.71. The maximum absolute atomic E-state index is 13.4. The summed E-state index contributed by atoms with van der Waals surface area (Å²) in [5.74, 6) is -0.217. The van der Waals surface area contributed by atoms with Crippen molar-refractivity contribution in [2.45, 2.75) is 52.4 Å². The molecule has 4 heterocycles. The molecule has 5 rings (SSSR count). The number of esters is 1. The van der Waals surface area contributed by atoms with Crippen molar-refractivity contribution >= 4 is 22.7 Å². The summed E-state index contributed by atoms with van der Waals surface area (Å²) >= 11 is 0. The van der Waals surface area contributed by atoms with Gasteiger partial charge in [0, 0.05) is 16.5 Å². The van der Waals surface area contributed by atoms with E-state index >= 15 is 0 Å². The van der Waals surface area contributed by atoms with Gasteiger partial charge in [0.1, 0.15) is 19.0 Å². The Morgan fingerprint density at radius 1 is 1.24 bits per heavy atom. The number of ketones is 1. The van der Waals surface area contributed by atoms with Crippen LogP contribution in [0.15, 0.2) is 29.1 Å². The number of cyclic esters (lactones) is 1. The molecule has 0 aliphatic carbocycles. The van der Waals surface area contributed by atoms with Gasteiger partial charge in [0.25, 0.3) is 5.56 Å². The molecule has 1 N–H and O–H groups in total. The van der Waals surface area contributed by atoms with Gasteiger partial charge in [-0.3, -0.25) is 9.59 Å². The number of ether oxygens (including phenoxy) is 2. The van der Waals surface area contributed by atoms with E-state index in [4.69, 9.17) is 14.5 Å². The zero-order chi connectivity index (χ0) is 23.5. The highest BCUT2D eigenvalue weighted by molar-refractivity contribution is 5.90. The van der Waals surface area contributed by atoms with Crippen molar-refractivity contribution in [2.75, 3.05) is 6.61 Å². The van der Waals surface area contributed by atoms with Gasteiger partial charge in [-0.2, -0.15) is 0 Å². The van der Waals surface area contributed by atoms with Crippen LogP contribution in [-0.4, -0.2) is 33.0 Å². The predicted molar refractivity (Wildman–Crippen MR) is 120 cm³/mol. The van der Waals surface area contributed by atoms with Crippen LogP contribution in [0.1, 0.15) is 49.4 Å². The number of rotatable bonds is 5. The minimum absolute atomic E-state index is 0.00114. The van der Waals surface area contributed by atoms with Gasteiger partial charge in [0.05, 0.1) is 29.0 Å². The van der Waals surface area contributed by atoms with Gasteiger partial charge in [-0.25, -0.2) is 9.78 Å². The van der Waals surface area contributed by atoms with Crippen LogP contribution < -0.4 is 10.3 Å². The Morgan fingerprint density at radius 2 is 2.03 bits per heavy atom. The Morgan fingerprint density at radius 3 is 2.73 bits per heavy atom. The zero-order valence-corrected chi connectivity index (χ0v) is 18.7. The summed E-state index contributed by atoms with van der Waals surface area (Å²) in [4.78, 5) is 41.8. The Labute approximate surface area is 189 Å². The molecule has 0 saturated heterocycles. The van der Waals surface area contributed by atoms with E-state index in [-0.39, 0.29) is 31.0 Å². The maximum Gasteiger partial charge on any atom is 0.343 e. The molecule has 1 aromatic carbocycles. The van der Waals surface area contributed by atoms with Crippen LogP contribution in [0.5, 0.6) is 5.75 Å². The van der Waals surface area contributed by atoms with Crippen molar-refractivity contribution in [3.05, 3.63) is 56.9 Å². The fourth-order valence-electron chi connectivity index (χ4n) is 4.82. The third-order valence-corrected chi connectivity index (χ3v) is 6.57. The molecule has 2 aliphatic heterocycles. The fourth-order valence-corrected chi connectivity index (χ4v) is 4.82. The van der Waals surface area contributed by atoms with Crippen molar-refractivity contribution in [2.24, 2.45) is 0 Å². The second-order valence-corrected chi connectivity index (χ2v) is 8.54. The lowest BCUT2D eigenvalue weighted by atomic mass is 9.86. The van der Waals surface area contributed by atoms with Gasteiger partial charge in [-0.05, 0) is 49.6 Å². The van der Waals surface area contributed by atoms with E-state index in [1.165, 1.54) is 6.92 Å². The number of hydrogen-bond donors (Lipinski definition) is 1. The number of aliphatic hydroxyl groups is 1. The number of carbonyl (C=O) groups excluding carboxylic acids is 2. The van der Waals surface area contributed by atoms with Crippen LogP contribution in [0.25, 0.3) is 22.3 Å². The van der Waals surface area contributed by atoms with Crippen molar-refractivity contribution in [1.29, 1.82) is 0 Å². The van der Waals surface area contributed by atoms with Gasteiger partial charge < -0.3 is 19.1 Å². The third-order valence-electron chi connectivity index (χ3n) is 6.57. The molecule has 0 fully saturated rings. The summed E-state index contributed by atoms with van der Waals surface area (Å²) < 4.78 is 12.4. The third kappa shape index (κ3) is 3.08. The first-order valence-corrected chi connectivity index (χ1v) is 11.0. The molecule has 8 nitrogen and oxygen atoms in total. The Bertz CT molecular complexity index is 1410. The number of nitrogens with zero attached hydrogens (tertiary/aromatic N) is 2. The lowest BCUT2D eigenvalue weighted by Gasteiger charge is -2.31. The largest absolute Gasteiger partial charge is 0.486 e. The first-order chi connectivity index (χ1) is 15.8. The van der Waals surface area contributed by atoms with E-state index in [1.54, 1.807) is 23.6 Å². The second-order valence-electron chi connectivity index (χ2n) is 8.54. The molecule has 3 aromatic rings. The van der Waals surface area contributed by atoms with E-state index < -0.39 is 11.6 Å². The topological polar surface area (TPSA) is 108 Å². The molecule has 170 valence electrons. The SMILES string of the molecule is CCc1c2c(nc3ccc(OCC(C)=O)cc13)-c1cc3c(c(=O)n1C2)COC(=O)[C@]3(O)CC. The number of aromatic nitrogens is 2.